The van der Waals surface area contributed by atoms with Gasteiger partial charge < -0.3 is 29.0 Å². The second-order valence-electron chi connectivity index (χ2n) is 11.8. The number of fused-ring (bicyclic) bond motifs is 3. The molecule has 4 aromatic rings. The molecule has 8 nitrogen and oxygen atoms in total. The van der Waals surface area contributed by atoms with Crippen LogP contribution in [0.15, 0.2) is 72.8 Å². The third-order valence-electron chi connectivity index (χ3n) is 9.32. The lowest BCUT2D eigenvalue weighted by atomic mass is 9.83. The molecule has 44 heavy (non-hydrogen) atoms. The molecule has 8 heteroatoms. The molecule has 2 aliphatic rings. The Morgan fingerprint density at radius 2 is 1.45 bits per heavy atom. The van der Waals surface area contributed by atoms with E-state index in [1.165, 1.54) is 19.3 Å². The monoisotopic (exact) mass is 595 g/mol. The molecule has 1 aromatic heterocycles. The number of nitrogens with one attached hydrogen (secondary N) is 1. The Balaban J connectivity index is 1.57. The minimum atomic E-state index is -1.35. The molecule has 6 rings (SSSR count). The minimum Gasteiger partial charge on any atom is -0.496 e. The number of para-hydroxylation sites is 1. The first-order valence-corrected chi connectivity index (χ1v) is 15.6. The van der Waals surface area contributed by atoms with Crippen molar-refractivity contribution in [2.24, 2.45) is 0 Å². The number of hydrogen-bond acceptors (Lipinski definition) is 5. The third kappa shape index (κ3) is 5.16. The summed E-state index contributed by atoms with van der Waals surface area (Å²) in [5.41, 5.74) is 1.42. The van der Waals surface area contributed by atoms with Gasteiger partial charge in [0.05, 0.1) is 39.9 Å². The molecule has 1 fully saturated rings. The molecule has 2 heterocycles. The fourth-order valence-corrected chi connectivity index (χ4v) is 7.03. The van der Waals surface area contributed by atoms with E-state index >= 15 is 4.79 Å². The van der Waals surface area contributed by atoms with Crippen LogP contribution in [0.4, 0.5) is 0 Å². The van der Waals surface area contributed by atoms with E-state index in [1.807, 2.05) is 77.4 Å². The first kappa shape index (κ1) is 29.6. The quantitative estimate of drug-likeness (QED) is 0.253. The van der Waals surface area contributed by atoms with Crippen LogP contribution in [0.3, 0.4) is 0 Å². The van der Waals surface area contributed by atoms with Crippen LogP contribution in [-0.4, -0.2) is 48.7 Å². The second kappa shape index (κ2) is 12.6. The summed E-state index contributed by atoms with van der Waals surface area (Å²) in [6.45, 7) is 0.393. The number of ether oxygens (including phenoxy) is 3. The molecule has 1 atom stereocenters. The zero-order valence-electron chi connectivity index (χ0n) is 25.8. The Morgan fingerprint density at radius 1 is 0.818 bits per heavy atom. The molecule has 0 unspecified atom stereocenters. The number of methoxy groups -OCH3 is 3. The van der Waals surface area contributed by atoms with Crippen molar-refractivity contribution in [2.45, 2.75) is 69.6 Å². The number of amides is 2. The average Bonchev–Trinajstić information content (AvgIpc) is 3.43. The molecule has 3 aromatic carbocycles. The summed E-state index contributed by atoms with van der Waals surface area (Å²) in [6, 6.07) is 23.0. The first-order valence-electron chi connectivity index (χ1n) is 15.6. The summed E-state index contributed by atoms with van der Waals surface area (Å²) in [7, 11) is 4.86. The van der Waals surface area contributed by atoms with Gasteiger partial charge in [0.15, 0.2) is 5.54 Å². The number of aromatic nitrogens is 1. The summed E-state index contributed by atoms with van der Waals surface area (Å²) in [5, 5.41) is 4.21. The Morgan fingerprint density at radius 3 is 2.16 bits per heavy atom. The number of rotatable bonds is 8. The molecule has 1 N–H and O–H groups in total. The maximum absolute atomic E-state index is 15.0. The van der Waals surface area contributed by atoms with Crippen molar-refractivity contribution in [1.29, 1.82) is 0 Å². The van der Waals surface area contributed by atoms with Crippen LogP contribution in [0, 0.1) is 0 Å². The highest BCUT2D eigenvalue weighted by atomic mass is 16.5. The molecule has 1 saturated carbocycles. The van der Waals surface area contributed by atoms with Crippen molar-refractivity contribution in [3.63, 3.8) is 0 Å². The van der Waals surface area contributed by atoms with Crippen LogP contribution >= 0.6 is 0 Å². The van der Waals surface area contributed by atoms with Crippen LogP contribution in [0.2, 0.25) is 0 Å². The van der Waals surface area contributed by atoms with Gasteiger partial charge in [-0.25, -0.2) is 0 Å². The van der Waals surface area contributed by atoms with Crippen molar-refractivity contribution in [1.82, 2.24) is 14.8 Å². The largest absolute Gasteiger partial charge is 0.496 e. The molecule has 2 amide bonds. The molecule has 0 radical (unpaired) electrons. The van der Waals surface area contributed by atoms with E-state index < -0.39 is 5.54 Å². The topological polar surface area (TPSA) is 82.0 Å². The normalized spacial score (nSPS) is 19.2. The maximum atomic E-state index is 15.0. The van der Waals surface area contributed by atoms with Crippen molar-refractivity contribution in [2.75, 3.05) is 21.3 Å². The highest BCUT2D eigenvalue weighted by Crippen LogP contribution is 2.44. The second-order valence-corrected chi connectivity index (χ2v) is 11.8. The van der Waals surface area contributed by atoms with Gasteiger partial charge in [-0.2, -0.15) is 0 Å². The van der Waals surface area contributed by atoms with Gasteiger partial charge in [0.25, 0.3) is 11.8 Å². The van der Waals surface area contributed by atoms with Gasteiger partial charge >= 0.3 is 0 Å². The standard InChI is InChI=1S/C36H41N3O5/c1-42-30-19-13-12-14-25(30)23-39-34(40)29-22-28-31(43-2)20-21-32(44-3)33(28)38(29)24-36(39,26-15-8-7-9-16-26)35(41)37-27-17-10-5-4-6-11-18-27/h7-9,12-16,19-22,27H,4-6,10-11,17-18,23-24H2,1-3H3,(H,37,41)/t36-/m0/s1. The van der Waals surface area contributed by atoms with E-state index in [0.717, 1.165) is 47.7 Å². The Bertz CT molecular complexity index is 1640. The molecular formula is C36H41N3O5. The van der Waals surface area contributed by atoms with Crippen LogP contribution in [0.25, 0.3) is 10.9 Å². The first-order chi connectivity index (χ1) is 21.5. The lowest BCUT2D eigenvalue weighted by Gasteiger charge is -2.47. The van der Waals surface area contributed by atoms with Gasteiger partial charge in [0.2, 0.25) is 0 Å². The highest BCUT2D eigenvalue weighted by Gasteiger charge is 2.53. The van der Waals surface area contributed by atoms with Gasteiger partial charge in [0.1, 0.15) is 22.9 Å². The Hall–Kier alpha value is -4.46. The van der Waals surface area contributed by atoms with E-state index in [-0.39, 0.29) is 30.9 Å². The van der Waals surface area contributed by atoms with Gasteiger partial charge in [-0.05, 0) is 42.7 Å². The van der Waals surface area contributed by atoms with Gasteiger partial charge in [0, 0.05) is 17.0 Å². The predicted octanol–water partition coefficient (Wildman–Crippen LogP) is 6.45. The number of carbonyl (C=O) groups is 2. The number of carbonyl (C=O) groups excluding carboxylic acids is 2. The maximum Gasteiger partial charge on any atom is 0.272 e. The summed E-state index contributed by atoms with van der Waals surface area (Å²) < 4.78 is 19.2. The lowest BCUT2D eigenvalue weighted by Crippen LogP contribution is -2.64. The third-order valence-corrected chi connectivity index (χ3v) is 9.32. The molecule has 0 bridgehead atoms. The van der Waals surface area contributed by atoms with Crippen LogP contribution in [0.5, 0.6) is 17.2 Å². The minimum absolute atomic E-state index is 0.0454. The SMILES string of the molecule is COc1ccccc1CN1C(=O)c2cc3c(OC)ccc(OC)c3n2C[C@@]1(C(=O)NC1CCCCCCC1)c1ccccc1. The van der Waals surface area contributed by atoms with Gasteiger partial charge in [-0.15, -0.1) is 0 Å². The molecular weight excluding hydrogens is 554 g/mol. The van der Waals surface area contributed by atoms with Crippen molar-refractivity contribution in [3.8, 4) is 17.2 Å². The van der Waals surface area contributed by atoms with Crippen LogP contribution in [0.1, 0.15) is 66.6 Å². The molecule has 0 spiro atoms. The van der Waals surface area contributed by atoms with Crippen LogP contribution in [-0.2, 0) is 23.4 Å². The zero-order chi connectivity index (χ0) is 30.7. The predicted molar refractivity (Wildman–Crippen MR) is 170 cm³/mol. The van der Waals surface area contributed by atoms with Gasteiger partial charge in [-0.3, -0.25) is 9.59 Å². The van der Waals surface area contributed by atoms with E-state index in [9.17, 15) is 4.79 Å². The van der Waals surface area contributed by atoms with E-state index in [0.29, 0.717) is 22.9 Å². The summed E-state index contributed by atoms with van der Waals surface area (Å²) >= 11 is 0. The molecule has 230 valence electrons. The summed E-state index contributed by atoms with van der Waals surface area (Å²) in [5.74, 6) is 1.49. The smallest absolute Gasteiger partial charge is 0.272 e. The summed E-state index contributed by atoms with van der Waals surface area (Å²) in [6.07, 6.45) is 7.61. The zero-order valence-corrected chi connectivity index (χ0v) is 25.8. The Kier molecular flexibility index (Phi) is 8.51. The number of benzene rings is 3. The average molecular weight is 596 g/mol. The van der Waals surface area contributed by atoms with Crippen molar-refractivity contribution < 1.29 is 23.8 Å². The molecule has 1 aliphatic carbocycles. The molecule has 1 aliphatic heterocycles. The molecule has 0 saturated heterocycles. The fourth-order valence-electron chi connectivity index (χ4n) is 7.03. The van der Waals surface area contributed by atoms with Crippen molar-refractivity contribution >= 4 is 22.7 Å². The highest BCUT2D eigenvalue weighted by molar-refractivity contribution is 6.06. The number of nitrogens with zero attached hydrogens (tertiary/aromatic N) is 2. The van der Waals surface area contributed by atoms with Crippen molar-refractivity contribution in [3.05, 3.63) is 89.6 Å². The number of hydrogen-bond donors (Lipinski definition) is 1. The Labute approximate surface area is 258 Å². The lowest BCUT2D eigenvalue weighted by molar-refractivity contribution is -0.136. The fraction of sp³-hybridized carbons (Fsp3) is 0.389. The van der Waals surface area contributed by atoms with Crippen LogP contribution < -0.4 is 19.5 Å². The van der Waals surface area contributed by atoms with E-state index in [2.05, 4.69) is 5.32 Å². The van der Waals surface area contributed by atoms with Gasteiger partial charge in [-0.1, -0.05) is 80.6 Å². The van der Waals surface area contributed by atoms with E-state index in [1.54, 1.807) is 26.2 Å². The summed E-state index contributed by atoms with van der Waals surface area (Å²) in [4.78, 5) is 31.6. The van der Waals surface area contributed by atoms with E-state index in [4.69, 9.17) is 14.2 Å².